The van der Waals surface area contributed by atoms with Crippen molar-refractivity contribution in [1.82, 2.24) is 0 Å². The first-order valence-corrected chi connectivity index (χ1v) is 33.0. The summed E-state index contributed by atoms with van der Waals surface area (Å²) in [6.07, 6.45) is 71.4. The highest BCUT2D eigenvalue weighted by Gasteiger charge is 2.19. The third-order valence-corrected chi connectivity index (χ3v) is 15.4. The number of carbonyl (C=O) groups is 3. The highest BCUT2D eigenvalue weighted by molar-refractivity contribution is 5.71. The zero-order chi connectivity index (χ0) is 52.2. The van der Waals surface area contributed by atoms with Crippen LogP contribution >= 0.6 is 0 Å². The van der Waals surface area contributed by atoms with Crippen LogP contribution in [0.2, 0.25) is 0 Å². The van der Waals surface area contributed by atoms with Crippen LogP contribution in [-0.2, 0) is 28.6 Å². The second-order valence-corrected chi connectivity index (χ2v) is 22.8. The van der Waals surface area contributed by atoms with Crippen LogP contribution in [0.1, 0.15) is 387 Å². The van der Waals surface area contributed by atoms with Gasteiger partial charge in [-0.2, -0.15) is 0 Å². The summed E-state index contributed by atoms with van der Waals surface area (Å²) in [6, 6.07) is 0. The van der Waals surface area contributed by atoms with Gasteiger partial charge in [0.25, 0.3) is 0 Å². The van der Waals surface area contributed by atoms with Crippen LogP contribution in [0.5, 0.6) is 0 Å². The predicted molar refractivity (Wildman–Crippen MR) is 312 cm³/mol. The van der Waals surface area contributed by atoms with E-state index in [2.05, 4.69) is 20.8 Å². The Bertz CT molecular complexity index is 1080. The zero-order valence-corrected chi connectivity index (χ0v) is 49.2. The molecule has 0 aliphatic rings. The molecule has 0 radical (unpaired) electrons. The Kier molecular flexibility index (Phi) is 60.6. The summed E-state index contributed by atoms with van der Waals surface area (Å²) in [5.41, 5.74) is 0. The molecule has 0 bridgehead atoms. The van der Waals surface area contributed by atoms with E-state index in [1.165, 1.54) is 289 Å². The van der Waals surface area contributed by atoms with Crippen LogP contribution in [0.15, 0.2) is 0 Å². The molecule has 72 heavy (non-hydrogen) atoms. The van der Waals surface area contributed by atoms with Crippen molar-refractivity contribution in [2.75, 3.05) is 13.2 Å². The van der Waals surface area contributed by atoms with Gasteiger partial charge >= 0.3 is 17.9 Å². The third kappa shape index (κ3) is 59.3. The van der Waals surface area contributed by atoms with Gasteiger partial charge in [0, 0.05) is 19.3 Å². The van der Waals surface area contributed by atoms with Gasteiger partial charge in [-0.15, -0.1) is 0 Å². The summed E-state index contributed by atoms with van der Waals surface area (Å²) >= 11 is 0. The monoisotopic (exact) mass is 1020 g/mol. The average Bonchev–Trinajstić information content (AvgIpc) is 3.38. The second-order valence-electron chi connectivity index (χ2n) is 22.8. The molecule has 0 aromatic carbocycles. The number of hydrogen-bond donors (Lipinski definition) is 0. The molecule has 0 N–H and O–H groups in total. The molecule has 0 saturated heterocycles. The molecule has 0 saturated carbocycles. The minimum Gasteiger partial charge on any atom is -0.462 e. The van der Waals surface area contributed by atoms with Crippen molar-refractivity contribution in [2.45, 2.75) is 393 Å². The summed E-state index contributed by atoms with van der Waals surface area (Å²) in [5, 5.41) is 0. The number of hydrogen-bond acceptors (Lipinski definition) is 6. The molecule has 428 valence electrons. The highest BCUT2D eigenvalue weighted by Crippen LogP contribution is 2.19. The largest absolute Gasteiger partial charge is 0.462 e. The molecule has 0 aromatic rings. The van der Waals surface area contributed by atoms with E-state index < -0.39 is 6.10 Å². The first-order chi connectivity index (χ1) is 35.5. The first-order valence-electron chi connectivity index (χ1n) is 33.0. The van der Waals surface area contributed by atoms with Gasteiger partial charge in [-0.25, -0.2) is 0 Å². The lowest BCUT2D eigenvalue weighted by Gasteiger charge is -2.18. The van der Waals surface area contributed by atoms with E-state index in [1.807, 2.05) is 0 Å². The van der Waals surface area contributed by atoms with Crippen molar-refractivity contribution in [3.63, 3.8) is 0 Å². The maximum Gasteiger partial charge on any atom is 0.306 e. The molecule has 0 aliphatic carbocycles. The molecule has 0 amide bonds. The summed E-state index contributed by atoms with van der Waals surface area (Å²) in [5.74, 6) is -0.832. The topological polar surface area (TPSA) is 78.9 Å². The van der Waals surface area contributed by atoms with Crippen molar-refractivity contribution in [1.29, 1.82) is 0 Å². The van der Waals surface area contributed by atoms with Crippen molar-refractivity contribution in [2.24, 2.45) is 0 Å². The van der Waals surface area contributed by atoms with Gasteiger partial charge in [-0.3, -0.25) is 14.4 Å². The Morgan fingerprint density at radius 2 is 0.375 bits per heavy atom. The van der Waals surface area contributed by atoms with Crippen LogP contribution in [0, 0.1) is 0 Å². The van der Waals surface area contributed by atoms with Crippen LogP contribution in [0.25, 0.3) is 0 Å². The molecule has 0 aromatic heterocycles. The Labute approximate surface area is 450 Å². The van der Waals surface area contributed by atoms with Gasteiger partial charge in [0.2, 0.25) is 0 Å². The molecule has 0 spiro atoms. The van der Waals surface area contributed by atoms with Crippen LogP contribution in [0.3, 0.4) is 0 Å². The maximum atomic E-state index is 12.9. The number of esters is 3. The van der Waals surface area contributed by atoms with Gasteiger partial charge in [-0.1, -0.05) is 348 Å². The number of carbonyl (C=O) groups excluding carboxylic acids is 3. The lowest BCUT2D eigenvalue weighted by Crippen LogP contribution is -2.30. The van der Waals surface area contributed by atoms with Crippen molar-refractivity contribution >= 4 is 17.9 Å². The molecule has 6 heteroatoms. The lowest BCUT2D eigenvalue weighted by molar-refractivity contribution is -0.167. The average molecular weight is 1020 g/mol. The van der Waals surface area contributed by atoms with Crippen LogP contribution in [0.4, 0.5) is 0 Å². The van der Waals surface area contributed by atoms with E-state index in [0.717, 1.165) is 57.8 Å². The molecule has 0 heterocycles. The Hall–Kier alpha value is -1.59. The quantitative estimate of drug-likeness (QED) is 0.0343. The molecular weight excluding hydrogens is 889 g/mol. The van der Waals surface area contributed by atoms with Crippen molar-refractivity contribution < 1.29 is 28.6 Å². The van der Waals surface area contributed by atoms with Gasteiger partial charge in [0.15, 0.2) is 6.10 Å². The first kappa shape index (κ1) is 70.4. The maximum absolute atomic E-state index is 12.9. The summed E-state index contributed by atoms with van der Waals surface area (Å²) in [7, 11) is 0. The standard InChI is InChI=1S/C66H128O6/c1-4-7-10-13-16-19-21-23-25-27-29-31-33-34-36-37-39-41-43-45-47-50-53-56-59-65(68)71-62-63(61-70-64(67)58-55-52-49-18-15-12-9-6-3)72-66(69)60-57-54-51-48-46-44-42-40-38-35-32-30-28-26-24-22-20-17-14-11-8-5-2/h63H,4-62H2,1-3H3. The fourth-order valence-electron chi connectivity index (χ4n) is 10.4. The van der Waals surface area contributed by atoms with Crippen molar-refractivity contribution in [3.8, 4) is 0 Å². The molecule has 0 rings (SSSR count). The Balaban J connectivity index is 4.07. The van der Waals surface area contributed by atoms with E-state index in [1.54, 1.807) is 0 Å². The van der Waals surface area contributed by atoms with Crippen LogP contribution in [-0.4, -0.2) is 37.2 Å². The fraction of sp³-hybridized carbons (Fsp3) is 0.955. The predicted octanol–water partition coefficient (Wildman–Crippen LogP) is 22.3. The normalized spacial score (nSPS) is 11.9. The highest BCUT2D eigenvalue weighted by atomic mass is 16.6. The van der Waals surface area contributed by atoms with Gasteiger partial charge in [0.05, 0.1) is 0 Å². The Morgan fingerprint density at radius 3 is 0.556 bits per heavy atom. The molecule has 6 nitrogen and oxygen atoms in total. The SMILES string of the molecule is CCCCCCCCCCCCCCCCCCCCCCCCCCC(=O)OCC(COC(=O)CCCCCCCCCC)OC(=O)CCCCCCCCCCCCCCCCCCCCCCCC. The molecule has 1 atom stereocenters. The summed E-state index contributed by atoms with van der Waals surface area (Å²) < 4.78 is 16.9. The van der Waals surface area contributed by atoms with Gasteiger partial charge < -0.3 is 14.2 Å². The van der Waals surface area contributed by atoms with E-state index >= 15 is 0 Å². The molecular formula is C66H128O6. The van der Waals surface area contributed by atoms with Crippen LogP contribution < -0.4 is 0 Å². The van der Waals surface area contributed by atoms with E-state index in [9.17, 15) is 14.4 Å². The smallest absolute Gasteiger partial charge is 0.306 e. The summed E-state index contributed by atoms with van der Waals surface area (Å²) in [6.45, 7) is 6.70. The van der Waals surface area contributed by atoms with E-state index in [0.29, 0.717) is 19.3 Å². The second kappa shape index (κ2) is 62.0. The lowest BCUT2D eigenvalue weighted by atomic mass is 10.0. The van der Waals surface area contributed by atoms with Gasteiger partial charge in [-0.05, 0) is 19.3 Å². The Morgan fingerprint density at radius 1 is 0.222 bits per heavy atom. The summed E-state index contributed by atoms with van der Waals surface area (Å²) in [4.78, 5) is 38.1. The number of unbranched alkanes of at least 4 members (excludes halogenated alkanes) is 51. The number of ether oxygens (including phenoxy) is 3. The minimum absolute atomic E-state index is 0.0611. The van der Waals surface area contributed by atoms with E-state index in [4.69, 9.17) is 14.2 Å². The molecule has 1 unspecified atom stereocenters. The number of rotatable bonds is 62. The third-order valence-electron chi connectivity index (χ3n) is 15.4. The zero-order valence-electron chi connectivity index (χ0n) is 49.2. The van der Waals surface area contributed by atoms with E-state index in [-0.39, 0.29) is 31.1 Å². The van der Waals surface area contributed by atoms with Gasteiger partial charge in [0.1, 0.15) is 13.2 Å². The van der Waals surface area contributed by atoms with Crippen molar-refractivity contribution in [3.05, 3.63) is 0 Å². The fourth-order valence-corrected chi connectivity index (χ4v) is 10.4. The molecule has 0 fully saturated rings. The minimum atomic E-state index is -0.761. The molecule has 0 aliphatic heterocycles.